The maximum absolute atomic E-state index is 15.2. The van der Waals surface area contributed by atoms with Gasteiger partial charge in [-0.1, -0.05) is 6.58 Å². The Kier molecular flexibility index (Phi) is 4.88. The molecule has 10 heteroatoms. The van der Waals surface area contributed by atoms with Crippen LogP contribution in [0.4, 0.5) is 20.4 Å². The lowest BCUT2D eigenvalue weighted by atomic mass is 10.1. The summed E-state index contributed by atoms with van der Waals surface area (Å²) >= 11 is 0. The smallest absolute Gasteiger partial charge is 0.255 e. The van der Waals surface area contributed by atoms with Gasteiger partial charge < -0.3 is 25.2 Å². The molecular weight excluding hydrogens is 372 g/mol. The highest BCUT2D eigenvalue weighted by atomic mass is 19.1. The Morgan fingerprint density at radius 1 is 1.29 bits per heavy atom. The van der Waals surface area contributed by atoms with Crippen molar-refractivity contribution < 1.29 is 23.1 Å². The molecule has 2 saturated heterocycles. The molecule has 0 radical (unpaired) electrons. The van der Waals surface area contributed by atoms with E-state index in [9.17, 15) is 14.0 Å². The number of nitrogens with one attached hydrogen (secondary N) is 2. The second-order valence-corrected chi connectivity index (χ2v) is 6.95. The number of amides is 2. The number of alkyl halides is 1. The van der Waals surface area contributed by atoms with E-state index in [0.717, 1.165) is 6.08 Å². The molecule has 2 amide bonds. The molecule has 28 heavy (non-hydrogen) atoms. The van der Waals surface area contributed by atoms with E-state index in [1.807, 2.05) is 4.90 Å². The standard InChI is InChI=1S/C18H21F2N5O3/c1-2-13(26)22-12-9-25(8-11(12)19)17-15(20)10-7-21-18(27)14(10)16(23-17)24-3-5-28-6-4-24/h2,11-12H,1,3-9H2,(H,21,27)(H,22,26). The van der Waals surface area contributed by atoms with Crippen LogP contribution < -0.4 is 20.4 Å². The lowest BCUT2D eigenvalue weighted by Gasteiger charge is -2.30. The largest absolute Gasteiger partial charge is 0.378 e. The number of morpholine rings is 1. The van der Waals surface area contributed by atoms with Crippen molar-refractivity contribution >= 4 is 23.5 Å². The second-order valence-electron chi connectivity index (χ2n) is 6.95. The van der Waals surface area contributed by atoms with Gasteiger partial charge in [-0.2, -0.15) is 0 Å². The van der Waals surface area contributed by atoms with Gasteiger partial charge in [-0.25, -0.2) is 13.8 Å². The van der Waals surface area contributed by atoms with Crippen molar-refractivity contribution in [2.45, 2.75) is 18.8 Å². The van der Waals surface area contributed by atoms with Crippen molar-refractivity contribution in [3.8, 4) is 0 Å². The Labute approximate surface area is 160 Å². The van der Waals surface area contributed by atoms with Crippen molar-refractivity contribution in [3.05, 3.63) is 29.6 Å². The Morgan fingerprint density at radius 3 is 2.75 bits per heavy atom. The number of nitrogens with zero attached hydrogens (tertiary/aromatic N) is 3. The van der Waals surface area contributed by atoms with Crippen LogP contribution in [0, 0.1) is 5.82 Å². The summed E-state index contributed by atoms with van der Waals surface area (Å²) in [4.78, 5) is 31.6. The van der Waals surface area contributed by atoms with Crippen LogP contribution in [0.25, 0.3) is 0 Å². The summed E-state index contributed by atoms with van der Waals surface area (Å²) in [6, 6.07) is -0.786. The van der Waals surface area contributed by atoms with E-state index in [0.29, 0.717) is 32.1 Å². The van der Waals surface area contributed by atoms with Crippen LogP contribution in [0.1, 0.15) is 15.9 Å². The molecule has 8 nitrogen and oxygen atoms in total. The molecule has 1 aromatic rings. The lowest BCUT2D eigenvalue weighted by molar-refractivity contribution is -0.117. The highest BCUT2D eigenvalue weighted by molar-refractivity contribution is 6.03. The van der Waals surface area contributed by atoms with Crippen LogP contribution >= 0.6 is 0 Å². The monoisotopic (exact) mass is 393 g/mol. The van der Waals surface area contributed by atoms with Crippen molar-refractivity contribution in [1.29, 1.82) is 0 Å². The quantitative estimate of drug-likeness (QED) is 0.708. The number of fused-ring (bicyclic) bond motifs is 1. The third-order valence-electron chi connectivity index (χ3n) is 5.22. The molecular formula is C18H21F2N5O3. The van der Waals surface area contributed by atoms with Gasteiger partial charge in [0.1, 0.15) is 12.0 Å². The SMILES string of the molecule is C=CC(=O)NC1CN(c2nc(N3CCOCC3)c3c(c2F)CNC3=O)CC1F. The van der Waals surface area contributed by atoms with E-state index in [2.05, 4.69) is 22.2 Å². The molecule has 2 atom stereocenters. The summed E-state index contributed by atoms with van der Waals surface area (Å²) in [7, 11) is 0. The summed E-state index contributed by atoms with van der Waals surface area (Å²) in [5.41, 5.74) is 0.473. The molecule has 150 valence electrons. The van der Waals surface area contributed by atoms with E-state index in [1.165, 1.54) is 4.90 Å². The van der Waals surface area contributed by atoms with Crippen molar-refractivity contribution in [3.63, 3.8) is 0 Å². The molecule has 2 fully saturated rings. The first-order valence-electron chi connectivity index (χ1n) is 9.14. The fraction of sp³-hybridized carbons (Fsp3) is 0.500. The van der Waals surface area contributed by atoms with E-state index >= 15 is 4.39 Å². The fourth-order valence-corrected chi connectivity index (χ4v) is 3.77. The van der Waals surface area contributed by atoms with Gasteiger partial charge in [0.05, 0.1) is 31.4 Å². The third-order valence-corrected chi connectivity index (χ3v) is 5.22. The predicted molar refractivity (Wildman–Crippen MR) is 97.6 cm³/mol. The first-order chi connectivity index (χ1) is 13.5. The number of hydrogen-bond acceptors (Lipinski definition) is 6. The van der Waals surface area contributed by atoms with Crippen molar-refractivity contribution in [2.75, 3.05) is 49.2 Å². The maximum Gasteiger partial charge on any atom is 0.255 e. The average molecular weight is 393 g/mol. The number of rotatable bonds is 4. The van der Waals surface area contributed by atoms with E-state index in [-0.39, 0.29) is 42.5 Å². The van der Waals surface area contributed by atoms with E-state index < -0.39 is 23.9 Å². The number of ether oxygens (including phenoxy) is 1. The van der Waals surface area contributed by atoms with Gasteiger partial charge in [-0.3, -0.25) is 9.59 Å². The summed E-state index contributed by atoms with van der Waals surface area (Å²) in [6.45, 7) is 5.42. The van der Waals surface area contributed by atoms with Crippen LogP contribution in [0.15, 0.2) is 12.7 Å². The molecule has 3 aliphatic heterocycles. The van der Waals surface area contributed by atoms with Gasteiger partial charge in [0.2, 0.25) is 5.91 Å². The molecule has 0 bridgehead atoms. The zero-order chi connectivity index (χ0) is 19.8. The van der Waals surface area contributed by atoms with Gasteiger partial charge in [0.15, 0.2) is 11.6 Å². The Bertz CT molecular complexity index is 828. The van der Waals surface area contributed by atoms with Crippen molar-refractivity contribution in [2.24, 2.45) is 0 Å². The molecule has 1 aromatic heterocycles. The number of pyridine rings is 1. The maximum atomic E-state index is 15.2. The van der Waals surface area contributed by atoms with Gasteiger partial charge in [0, 0.05) is 31.7 Å². The normalized spacial score (nSPS) is 24.1. The summed E-state index contributed by atoms with van der Waals surface area (Å²) in [5.74, 6) is -1.10. The number of anilines is 2. The molecule has 3 aliphatic rings. The van der Waals surface area contributed by atoms with Crippen LogP contribution in [0.3, 0.4) is 0 Å². The van der Waals surface area contributed by atoms with E-state index in [4.69, 9.17) is 4.74 Å². The lowest BCUT2D eigenvalue weighted by Crippen LogP contribution is -2.40. The molecule has 4 rings (SSSR count). The average Bonchev–Trinajstić information content (AvgIpc) is 3.26. The van der Waals surface area contributed by atoms with Crippen LogP contribution in [-0.2, 0) is 16.1 Å². The number of halogens is 2. The molecule has 0 aromatic carbocycles. The van der Waals surface area contributed by atoms with E-state index in [1.54, 1.807) is 0 Å². The topological polar surface area (TPSA) is 86.8 Å². The second kappa shape index (κ2) is 7.34. The Hall–Kier alpha value is -2.75. The first-order valence-corrected chi connectivity index (χ1v) is 9.14. The minimum absolute atomic E-state index is 0.00487. The van der Waals surface area contributed by atoms with Gasteiger partial charge in [0.25, 0.3) is 5.91 Å². The minimum atomic E-state index is -1.37. The number of hydrogen-bond donors (Lipinski definition) is 2. The van der Waals surface area contributed by atoms with Crippen molar-refractivity contribution in [1.82, 2.24) is 15.6 Å². The van der Waals surface area contributed by atoms with Crippen LogP contribution in [0.5, 0.6) is 0 Å². The highest BCUT2D eigenvalue weighted by Crippen LogP contribution is 2.35. The minimum Gasteiger partial charge on any atom is -0.378 e. The van der Waals surface area contributed by atoms with Crippen LogP contribution in [0.2, 0.25) is 0 Å². The molecule has 2 unspecified atom stereocenters. The Balaban J connectivity index is 1.69. The van der Waals surface area contributed by atoms with Gasteiger partial charge in [-0.15, -0.1) is 0 Å². The number of aromatic nitrogens is 1. The molecule has 4 heterocycles. The summed E-state index contributed by atoms with van der Waals surface area (Å²) in [6.07, 6.45) is -0.304. The molecule has 2 N–H and O–H groups in total. The zero-order valence-electron chi connectivity index (χ0n) is 15.2. The molecule has 0 spiro atoms. The number of carbonyl (C=O) groups excluding carboxylic acids is 2. The van der Waals surface area contributed by atoms with Gasteiger partial charge >= 0.3 is 0 Å². The summed E-state index contributed by atoms with van der Waals surface area (Å²) < 4.78 is 34.9. The van der Waals surface area contributed by atoms with Crippen LogP contribution in [-0.4, -0.2) is 68.4 Å². The first kappa shape index (κ1) is 18.6. The highest BCUT2D eigenvalue weighted by Gasteiger charge is 2.39. The molecule has 0 aliphatic carbocycles. The zero-order valence-corrected chi connectivity index (χ0v) is 15.2. The van der Waals surface area contributed by atoms with Gasteiger partial charge in [-0.05, 0) is 6.08 Å². The predicted octanol–water partition coefficient (Wildman–Crippen LogP) is 0.130. The summed E-state index contributed by atoms with van der Waals surface area (Å²) in [5, 5.41) is 5.15. The number of carbonyl (C=O) groups is 2. The Morgan fingerprint density at radius 2 is 2.04 bits per heavy atom. The fourth-order valence-electron chi connectivity index (χ4n) is 3.77. The molecule has 0 saturated carbocycles. The third kappa shape index (κ3) is 3.17.